The molecule has 2 aromatic rings. The molecule has 1 N–H and O–H groups in total. The van der Waals surface area contributed by atoms with E-state index in [1.807, 2.05) is 25.2 Å². The van der Waals surface area contributed by atoms with Gasteiger partial charge in [0.1, 0.15) is 5.75 Å². The number of benzene rings is 2. The number of fused-ring (bicyclic) bond motifs is 2. The van der Waals surface area contributed by atoms with Crippen LogP contribution in [0.15, 0.2) is 48.5 Å². The Balaban J connectivity index is 1.55. The van der Waals surface area contributed by atoms with Crippen LogP contribution in [0.4, 0.5) is 10.5 Å². The smallest absolute Gasteiger partial charge is 0.410 e. The summed E-state index contributed by atoms with van der Waals surface area (Å²) in [6, 6.07) is 14.4. The van der Waals surface area contributed by atoms with Gasteiger partial charge in [-0.15, -0.1) is 0 Å². The first-order valence-corrected chi connectivity index (χ1v) is 8.01. The summed E-state index contributed by atoms with van der Waals surface area (Å²) in [5.41, 5.74) is 2.47. The van der Waals surface area contributed by atoms with Gasteiger partial charge in [0.15, 0.2) is 0 Å². The number of nitrogens with zero attached hydrogens (tertiary/aromatic N) is 1. The monoisotopic (exact) mass is 322 g/mol. The third-order valence-electron chi connectivity index (χ3n) is 4.76. The Morgan fingerprint density at radius 3 is 2.62 bits per heavy atom. The van der Waals surface area contributed by atoms with Crippen molar-refractivity contribution in [2.75, 3.05) is 18.9 Å². The Morgan fingerprint density at radius 2 is 1.92 bits per heavy atom. The van der Waals surface area contributed by atoms with E-state index in [2.05, 4.69) is 5.32 Å². The predicted octanol–water partition coefficient (Wildman–Crippen LogP) is 3.41. The molecule has 122 valence electrons. The van der Waals surface area contributed by atoms with Crippen molar-refractivity contribution in [2.24, 2.45) is 0 Å². The molecule has 2 aliphatic rings. The minimum absolute atomic E-state index is 0.00241. The van der Waals surface area contributed by atoms with Crippen LogP contribution in [-0.4, -0.2) is 30.5 Å². The minimum atomic E-state index is -0.570. The summed E-state index contributed by atoms with van der Waals surface area (Å²) in [6.07, 6.45) is 1.65. The molecule has 1 aliphatic carbocycles. The Hall–Kier alpha value is -2.82. The summed E-state index contributed by atoms with van der Waals surface area (Å²) in [4.78, 5) is 26.2. The van der Waals surface area contributed by atoms with E-state index in [1.165, 1.54) is 0 Å². The van der Waals surface area contributed by atoms with Gasteiger partial charge in [-0.1, -0.05) is 24.3 Å². The fraction of sp³-hybridized carbons (Fsp3) is 0.263. The van der Waals surface area contributed by atoms with Crippen LogP contribution in [0.3, 0.4) is 0 Å². The standard InChI is InChI=1S/C19H18N2O3/c1-21-12-19(9-10-19)16-8-7-13(11-15(16)17(21)22)20-18(23)24-14-5-3-2-4-6-14/h2-8,11H,9-10,12H2,1H3,(H,20,23). The molecular weight excluding hydrogens is 304 g/mol. The lowest BCUT2D eigenvalue weighted by molar-refractivity contribution is 0.0758. The second-order valence-corrected chi connectivity index (χ2v) is 6.53. The molecule has 1 heterocycles. The molecule has 0 saturated heterocycles. The topological polar surface area (TPSA) is 58.6 Å². The number of anilines is 1. The molecule has 0 atom stereocenters. The lowest BCUT2D eigenvalue weighted by Crippen LogP contribution is -2.40. The van der Waals surface area contributed by atoms with E-state index in [0.717, 1.165) is 24.9 Å². The number of hydrogen-bond donors (Lipinski definition) is 1. The van der Waals surface area contributed by atoms with Crippen molar-refractivity contribution in [3.63, 3.8) is 0 Å². The zero-order valence-electron chi connectivity index (χ0n) is 13.4. The first kappa shape index (κ1) is 14.8. The molecule has 1 saturated carbocycles. The molecule has 1 fully saturated rings. The molecule has 2 amide bonds. The van der Waals surface area contributed by atoms with Crippen molar-refractivity contribution in [3.8, 4) is 5.75 Å². The molecule has 0 radical (unpaired) electrons. The van der Waals surface area contributed by atoms with Crippen LogP contribution in [0.5, 0.6) is 5.75 Å². The molecule has 2 aromatic carbocycles. The van der Waals surface area contributed by atoms with E-state index in [0.29, 0.717) is 17.0 Å². The zero-order chi connectivity index (χ0) is 16.7. The van der Waals surface area contributed by atoms with Gasteiger partial charge in [-0.2, -0.15) is 0 Å². The molecule has 5 nitrogen and oxygen atoms in total. The van der Waals surface area contributed by atoms with Crippen molar-refractivity contribution < 1.29 is 14.3 Å². The third-order valence-corrected chi connectivity index (χ3v) is 4.76. The van der Waals surface area contributed by atoms with Crippen LogP contribution < -0.4 is 10.1 Å². The summed E-state index contributed by atoms with van der Waals surface area (Å²) in [5, 5.41) is 2.69. The van der Waals surface area contributed by atoms with E-state index >= 15 is 0 Å². The molecule has 0 unspecified atom stereocenters. The first-order chi connectivity index (χ1) is 11.6. The van der Waals surface area contributed by atoms with Gasteiger partial charge >= 0.3 is 6.09 Å². The molecule has 0 aromatic heterocycles. The minimum Gasteiger partial charge on any atom is -0.410 e. The molecule has 1 spiro atoms. The molecular formula is C19H18N2O3. The predicted molar refractivity (Wildman–Crippen MR) is 90.4 cm³/mol. The maximum Gasteiger partial charge on any atom is 0.417 e. The number of carbonyl (C=O) groups excluding carboxylic acids is 2. The van der Waals surface area contributed by atoms with Gasteiger partial charge in [0.2, 0.25) is 0 Å². The van der Waals surface area contributed by atoms with Gasteiger partial charge in [0, 0.05) is 30.3 Å². The lowest BCUT2D eigenvalue weighted by atomic mass is 9.86. The van der Waals surface area contributed by atoms with Crippen LogP contribution in [0.2, 0.25) is 0 Å². The number of rotatable bonds is 2. The number of carbonyl (C=O) groups is 2. The fourth-order valence-electron chi connectivity index (χ4n) is 3.40. The summed E-state index contributed by atoms with van der Waals surface area (Å²) in [6.45, 7) is 0.779. The highest BCUT2D eigenvalue weighted by Crippen LogP contribution is 2.52. The number of likely N-dealkylation sites (N-methyl/N-ethyl adjacent to an activating group) is 1. The Labute approximate surface area is 140 Å². The number of nitrogens with one attached hydrogen (secondary N) is 1. The average molecular weight is 322 g/mol. The van der Waals surface area contributed by atoms with Crippen molar-refractivity contribution in [1.82, 2.24) is 4.90 Å². The molecule has 4 rings (SSSR count). The quantitative estimate of drug-likeness (QED) is 0.922. The van der Waals surface area contributed by atoms with Crippen LogP contribution in [0.25, 0.3) is 0 Å². The van der Waals surface area contributed by atoms with Crippen molar-refractivity contribution in [1.29, 1.82) is 0 Å². The maximum atomic E-state index is 12.4. The average Bonchev–Trinajstić information content (AvgIpc) is 3.34. The second-order valence-electron chi connectivity index (χ2n) is 6.53. The Kier molecular flexibility index (Phi) is 3.30. The van der Waals surface area contributed by atoms with Gasteiger partial charge in [-0.3, -0.25) is 10.1 Å². The highest BCUT2D eigenvalue weighted by atomic mass is 16.6. The maximum absolute atomic E-state index is 12.4. The summed E-state index contributed by atoms with van der Waals surface area (Å²) in [7, 11) is 1.83. The largest absolute Gasteiger partial charge is 0.417 e. The Morgan fingerprint density at radius 1 is 1.17 bits per heavy atom. The fourth-order valence-corrected chi connectivity index (χ4v) is 3.40. The SMILES string of the molecule is CN1CC2(CC2)c2ccc(NC(=O)Oc3ccccc3)cc2C1=O. The lowest BCUT2D eigenvalue weighted by Gasteiger charge is -2.32. The van der Waals surface area contributed by atoms with E-state index in [-0.39, 0.29) is 11.3 Å². The molecule has 1 aliphatic heterocycles. The van der Waals surface area contributed by atoms with Crippen LogP contribution in [0.1, 0.15) is 28.8 Å². The summed E-state index contributed by atoms with van der Waals surface area (Å²) < 4.78 is 5.22. The highest BCUT2D eigenvalue weighted by molar-refractivity contribution is 5.99. The van der Waals surface area contributed by atoms with Crippen LogP contribution in [-0.2, 0) is 5.41 Å². The van der Waals surface area contributed by atoms with Crippen LogP contribution >= 0.6 is 0 Å². The third kappa shape index (κ3) is 2.52. The van der Waals surface area contributed by atoms with E-state index in [4.69, 9.17) is 4.74 Å². The highest BCUT2D eigenvalue weighted by Gasteiger charge is 2.50. The summed E-state index contributed by atoms with van der Waals surface area (Å²) in [5.74, 6) is 0.475. The molecule has 5 heteroatoms. The van der Waals surface area contributed by atoms with Gasteiger partial charge in [0.05, 0.1) is 0 Å². The van der Waals surface area contributed by atoms with E-state index < -0.39 is 6.09 Å². The van der Waals surface area contributed by atoms with Crippen molar-refractivity contribution in [2.45, 2.75) is 18.3 Å². The summed E-state index contributed by atoms with van der Waals surface area (Å²) >= 11 is 0. The van der Waals surface area contributed by atoms with E-state index in [1.54, 1.807) is 35.2 Å². The second kappa shape index (κ2) is 5.37. The van der Waals surface area contributed by atoms with E-state index in [9.17, 15) is 9.59 Å². The molecule has 24 heavy (non-hydrogen) atoms. The number of ether oxygens (including phenoxy) is 1. The first-order valence-electron chi connectivity index (χ1n) is 8.01. The van der Waals surface area contributed by atoms with Gasteiger partial charge in [0.25, 0.3) is 5.91 Å². The number of para-hydroxylation sites is 1. The number of amides is 2. The van der Waals surface area contributed by atoms with Gasteiger partial charge < -0.3 is 9.64 Å². The Bertz CT molecular complexity index is 813. The van der Waals surface area contributed by atoms with Crippen LogP contribution in [0, 0.1) is 0 Å². The van der Waals surface area contributed by atoms with Gasteiger partial charge in [-0.05, 0) is 42.7 Å². The number of hydrogen-bond acceptors (Lipinski definition) is 3. The normalized spacial score (nSPS) is 17.4. The molecule has 0 bridgehead atoms. The van der Waals surface area contributed by atoms with Crippen molar-refractivity contribution >= 4 is 17.7 Å². The zero-order valence-corrected chi connectivity index (χ0v) is 13.4. The van der Waals surface area contributed by atoms with Crippen molar-refractivity contribution in [3.05, 3.63) is 59.7 Å². The van der Waals surface area contributed by atoms with Gasteiger partial charge in [-0.25, -0.2) is 4.79 Å².